The number of hydrogen-bond donors (Lipinski definition) is 2. The first kappa shape index (κ1) is 22.5. The Bertz CT molecular complexity index is 1200. The van der Waals surface area contributed by atoms with Crippen LogP contribution in [0.4, 0.5) is 5.69 Å². The molecule has 0 unspecified atom stereocenters. The van der Waals surface area contributed by atoms with Gasteiger partial charge in [0.25, 0.3) is 0 Å². The van der Waals surface area contributed by atoms with Gasteiger partial charge in [-0.2, -0.15) is 0 Å². The fourth-order valence-electron chi connectivity index (χ4n) is 4.15. The fraction of sp³-hybridized carbons (Fsp3) is 0.185. The van der Waals surface area contributed by atoms with Crippen LogP contribution in [0.25, 0.3) is 0 Å². The number of furan rings is 1. The molecule has 2 aromatic carbocycles. The van der Waals surface area contributed by atoms with E-state index in [9.17, 15) is 0 Å². The molecule has 3 heterocycles. The Kier molecular flexibility index (Phi) is 7.12. The Labute approximate surface area is 209 Å². The summed E-state index contributed by atoms with van der Waals surface area (Å²) in [4.78, 5) is 7.99. The van der Waals surface area contributed by atoms with Crippen LogP contribution in [-0.2, 0) is 0 Å². The van der Waals surface area contributed by atoms with Gasteiger partial charge in [-0.25, -0.2) is 0 Å². The van der Waals surface area contributed by atoms with Gasteiger partial charge in [0, 0.05) is 29.9 Å². The molecule has 1 saturated heterocycles. The lowest BCUT2D eigenvalue weighted by Crippen LogP contribution is -2.31. The van der Waals surface area contributed by atoms with E-state index in [1.165, 1.54) is 0 Å². The standard InChI is InChI=1S/C27H26N4OS2/c33-27-30-25(22-14-7-8-17-29-22)26(31(27)19-9-18-28-20-10-3-1-4-11-20)23-15-16-24(32-23)34-21-12-5-2-6-13-21/h1-8,10-17,25-26,28H,9,18-19H2,(H,30,33)/t25-,26+/m1/s1. The minimum absolute atomic E-state index is 0.0655. The third kappa shape index (κ3) is 5.26. The highest BCUT2D eigenvalue weighted by Gasteiger charge is 2.41. The first-order chi connectivity index (χ1) is 16.8. The number of aromatic nitrogens is 1. The van der Waals surface area contributed by atoms with E-state index in [0.717, 1.165) is 51.8 Å². The molecule has 2 aromatic heterocycles. The highest BCUT2D eigenvalue weighted by molar-refractivity contribution is 7.99. The topological polar surface area (TPSA) is 53.3 Å². The Morgan fingerprint density at radius 3 is 2.47 bits per heavy atom. The zero-order valence-corrected chi connectivity index (χ0v) is 20.3. The third-order valence-corrected chi connectivity index (χ3v) is 7.01. The minimum Gasteiger partial charge on any atom is -0.452 e. The van der Waals surface area contributed by atoms with Gasteiger partial charge in [-0.1, -0.05) is 54.2 Å². The van der Waals surface area contributed by atoms with E-state index >= 15 is 0 Å². The Hall–Kier alpha value is -3.29. The molecule has 5 rings (SSSR count). The number of nitrogens with zero attached hydrogens (tertiary/aromatic N) is 2. The molecule has 7 heteroatoms. The van der Waals surface area contributed by atoms with Gasteiger partial charge in [-0.15, -0.1) is 0 Å². The molecular formula is C27H26N4OS2. The molecule has 0 bridgehead atoms. The largest absolute Gasteiger partial charge is 0.452 e. The van der Waals surface area contributed by atoms with E-state index in [-0.39, 0.29) is 12.1 Å². The van der Waals surface area contributed by atoms with Gasteiger partial charge in [-0.3, -0.25) is 4.98 Å². The van der Waals surface area contributed by atoms with Crippen molar-refractivity contribution >= 4 is 34.8 Å². The third-order valence-electron chi connectivity index (χ3n) is 5.73. The Morgan fingerprint density at radius 2 is 1.71 bits per heavy atom. The average Bonchev–Trinajstić information content (AvgIpc) is 3.47. The summed E-state index contributed by atoms with van der Waals surface area (Å²) in [7, 11) is 0. The second kappa shape index (κ2) is 10.8. The molecule has 0 radical (unpaired) electrons. The maximum Gasteiger partial charge on any atom is 0.170 e. The van der Waals surface area contributed by atoms with Crippen LogP contribution >= 0.6 is 24.0 Å². The van der Waals surface area contributed by atoms with Crippen LogP contribution in [0.2, 0.25) is 0 Å². The molecule has 5 nitrogen and oxygen atoms in total. The van der Waals surface area contributed by atoms with Gasteiger partial charge in [0.1, 0.15) is 11.8 Å². The summed E-state index contributed by atoms with van der Waals surface area (Å²) in [5.41, 5.74) is 2.08. The molecular weight excluding hydrogens is 460 g/mol. The molecule has 0 amide bonds. The highest BCUT2D eigenvalue weighted by Crippen LogP contribution is 2.41. The predicted molar refractivity (Wildman–Crippen MR) is 141 cm³/mol. The summed E-state index contributed by atoms with van der Waals surface area (Å²) in [6, 6.07) is 30.5. The number of anilines is 1. The summed E-state index contributed by atoms with van der Waals surface area (Å²) in [5, 5.41) is 8.57. The summed E-state index contributed by atoms with van der Waals surface area (Å²) >= 11 is 7.39. The van der Waals surface area contributed by atoms with Crippen LogP contribution in [-0.4, -0.2) is 28.1 Å². The SMILES string of the molecule is S=C1N[C@H](c2ccccn2)[C@H](c2ccc(Sc3ccccc3)o2)N1CCCNc1ccccc1. The first-order valence-corrected chi connectivity index (χ1v) is 12.6. The van der Waals surface area contributed by atoms with Crippen molar-refractivity contribution in [3.63, 3.8) is 0 Å². The van der Waals surface area contributed by atoms with Crippen molar-refractivity contribution < 1.29 is 4.42 Å². The van der Waals surface area contributed by atoms with Crippen molar-refractivity contribution in [2.45, 2.75) is 28.5 Å². The van der Waals surface area contributed by atoms with Crippen molar-refractivity contribution in [1.29, 1.82) is 0 Å². The van der Waals surface area contributed by atoms with Gasteiger partial charge >= 0.3 is 0 Å². The first-order valence-electron chi connectivity index (χ1n) is 11.4. The molecule has 0 spiro atoms. The second-order valence-corrected chi connectivity index (χ2v) is 9.50. The number of para-hydroxylation sites is 1. The molecule has 0 aliphatic carbocycles. The molecule has 172 valence electrons. The van der Waals surface area contributed by atoms with Crippen LogP contribution in [0.1, 0.15) is 30.0 Å². The van der Waals surface area contributed by atoms with E-state index in [0.29, 0.717) is 0 Å². The predicted octanol–water partition coefficient (Wildman–Crippen LogP) is 6.30. The number of rotatable bonds is 9. The van der Waals surface area contributed by atoms with Crippen LogP contribution in [0, 0.1) is 0 Å². The van der Waals surface area contributed by atoms with Crippen LogP contribution in [0.5, 0.6) is 0 Å². The zero-order valence-electron chi connectivity index (χ0n) is 18.6. The van der Waals surface area contributed by atoms with Crippen molar-refractivity contribution in [1.82, 2.24) is 15.2 Å². The number of benzene rings is 2. The van der Waals surface area contributed by atoms with Gasteiger partial charge in [0.2, 0.25) is 0 Å². The summed E-state index contributed by atoms with van der Waals surface area (Å²) in [6.07, 6.45) is 2.76. The highest BCUT2D eigenvalue weighted by atomic mass is 32.2. The van der Waals surface area contributed by atoms with Crippen LogP contribution in [0.3, 0.4) is 0 Å². The van der Waals surface area contributed by atoms with Crippen LogP contribution < -0.4 is 10.6 Å². The normalized spacial score (nSPS) is 17.5. The molecule has 1 aliphatic rings. The van der Waals surface area contributed by atoms with Gasteiger partial charge in [0.05, 0.1) is 11.7 Å². The second-order valence-electron chi connectivity index (χ2n) is 8.04. The van der Waals surface area contributed by atoms with E-state index in [4.69, 9.17) is 16.6 Å². The number of nitrogens with one attached hydrogen (secondary N) is 2. The van der Waals surface area contributed by atoms with Crippen molar-refractivity contribution in [3.8, 4) is 0 Å². The van der Waals surface area contributed by atoms with E-state index < -0.39 is 0 Å². The quantitative estimate of drug-likeness (QED) is 0.213. The van der Waals surface area contributed by atoms with E-state index in [1.54, 1.807) is 11.8 Å². The number of pyridine rings is 1. The van der Waals surface area contributed by atoms with Crippen molar-refractivity contribution in [3.05, 3.63) is 109 Å². The van der Waals surface area contributed by atoms with E-state index in [2.05, 4.69) is 50.8 Å². The fourth-order valence-corrected chi connectivity index (χ4v) is 5.28. The lowest BCUT2D eigenvalue weighted by atomic mass is 10.0. The molecule has 1 aliphatic heterocycles. The lowest BCUT2D eigenvalue weighted by molar-refractivity contribution is 0.259. The molecule has 2 N–H and O–H groups in total. The van der Waals surface area contributed by atoms with Crippen molar-refractivity contribution in [2.75, 3.05) is 18.4 Å². The maximum absolute atomic E-state index is 6.36. The lowest BCUT2D eigenvalue weighted by Gasteiger charge is -2.26. The van der Waals surface area contributed by atoms with Crippen LogP contribution in [0.15, 0.2) is 112 Å². The van der Waals surface area contributed by atoms with Gasteiger partial charge in [-0.05, 0) is 67.2 Å². The maximum atomic E-state index is 6.36. The van der Waals surface area contributed by atoms with Gasteiger partial charge in [0.15, 0.2) is 10.2 Å². The molecule has 1 fully saturated rings. The number of hydrogen-bond acceptors (Lipinski definition) is 5. The van der Waals surface area contributed by atoms with E-state index in [1.807, 2.05) is 66.9 Å². The monoisotopic (exact) mass is 486 g/mol. The van der Waals surface area contributed by atoms with Gasteiger partial charge < -0.3 is 20.0 Å². The molecule has 2 atom stereocenters. The Morgan fingerprint density at radius 1 is 0.941 bits per heavy atom. The summed E-state index contributed by atoms with van der Waals surface area (Å²) < 4.78 is 6.36. The summed E-state index contributed by atoms with van der Waals surface area (Å²) in [6.45, 7) is 1.67. The molecule has 4 aromatic rings. The van der Waals surface area contributed by atoms with Crippen molar-refractivity contribution in [2.24, 2.45) is 0 Å². The number of thiocarbonyl (C=S) groups is 1. The Balaban J connectivity index is 1.34. The zero-order chi connectivity index (χ0) is 23.2. The average molecular weight is 487 g/mol. The summed E-state index contributed by atoms with van der Waals surface area (Å²) in [5.74, 6) is 0.887. The minimum atomic E-state index is -0.0727. The molecule has 34 heavy (non-hydrogen) atoms. The molecule has 0 saturated carbocycles. The smallest absolute Gasteiger partial charge is 0.170 e.